The summed E-state index contributed by atoms with van der Waals surface area (Å²) in [4.78, 5) is 19.2. The van der Waals surface area contributed by atoms with Crippen LogP contribution in [0, 0.1) is 17.1 Å². The Kier molecular flexibility index (Phi) is 7.55. The number of likely N-dealkylation sites (tertiary alicyclic amines) is 1. The second kappa shape index (κ2) is 11.2. The van der Waals surface area contributed by atoms with Gasteiger partial charge in [-0.05, 0) is 25.5 Å². The molecule has 0 aliphatic carbocycles. The molecule has 2 fully saturated rings. The van der Waals surface area contributed by atoms with Gasteiger partial charge in [-0.1, -0.05) is 41.9 Å². The third-order valence-corrected chi connectivity index (χ3v) is 8.51. The molecule has 2 aliphatic rings. The van der Waals surface area contributed by atoms with Crippen LogP contribution < -0.4 is 9.64 Å². The van der Waals surface area contributed by atoms with Gasteiger partial charge in [-0.3, -0.25) is 14.8 Å². The van der Waals surface area contributed by atoms with Crippen molar-refractivity contribution < 1.29 is 17.9 Å². The number of nitrogens with zero attached hydrogens (tertiary/aromatic N) is 7. The summed E-state index contributed by atoms with van der Waals surface area (Å²) < 4.78 is 50.3. The van der Waals surface area contributed by atoms with Crippen molar-refractivity contribution in [2.24, 2.45) is 0 Å². The Morgan fingerprint density at radius 1 is 1.10 bits per heavy atom. The summed E-state index contributed by atoms with van der Waals surface area (Å²) in [6.45, 7) is 1.29. The first kappa shape index (κ1) is 28.4. The van der Waals surface area contributed by atoms with Gasteiger partial charge in [0.1, 0.15) is 23.6 Å². The lowest BCUT2D eigenvalue weighted by Gasteiger charge is -2.39. The minimum Gasteiger partial charge on any atom is -0.462 e. The lowest BCUT2D eigenvalue weighted by molar-refractivity contribution is 0.0136. The summed E-state index contributed by atoms with van der Waals surface area (Å²) in [6.07, 6.45) is 1.52. The summed E-state index contributed by atoms with van der Waals surface area (Å²) in [5, 5.41) is 11.7. The fraction of sp³-hybridized carbons (Fsp3) is 0.400. The maximum absolute atomic E-state index is 16.5. The largest absolute Gasteiger partial charge is 0.462 e. The quantitative estimate of drug-likeness (QED) is 0.294. The predicted molar refractivity (Wildman–Crippen MR) is 156 cm³/mol. The van der Waals surface area contributed by atoms with Crippen LogP contribution in [0.15, 0.2) is 42.6 Å². The van der Waals surface area contributed by atoms with E-state index in [1.54, 1.807) is 30.3 Å². The Morgan fingerprint density at radius 2 is 1.88 bits per heavy atom. The number of anilines is 1. The van der Waals surface area contributed by atoms with E-state index in [2.05, 4.69) is 25.9 Å². The maximum atomic E-state index is 16.5. The number of hydrogen-bond acceptors (Lipinski definition) is 8. The fourth-order valence-corrected chi connectivity index (χ4v) is 6.17. The van der Waals surface area contributed by atoms with Gasteiger partial charge in [0.15, 0.2) is 5.82 Å². The molecular formula is C30H29ClF3N7O. The molecule has 2 aromatic heterocycles. The summed E-state index contributed by atoms with van der Waals surface area (Å²) in [6, 6.07) is 12.5. The maximum Gasteiger partial charge on any atom is 0.319 e. The summed E-state index contributed by atoms with van der Waals surface area (Å²) in [7, 11) is 3.58. The van der Waals surface area contributed by atoms with E-state index in [4.69, 9.17) is 16.3 Å². The summed E-state index contributed by atoms with van der Waals surface area (Å²) >= 11 is 6.53. The van der Waals surface area contributed by atoms with Crippen LogP contribution >= 0.6 is 11.6 Å². The average molecular weight is 596 g/mol. The summed E-state index contributed by atoms with van der Waals surface area (Å²) in [5.41, 5.74) is 0.598. The number of fused-ring (bicyclic) bond motifs is 2. The molecule has 0 radical (unpaired) electrons. The first-order valence-electron chi connectivity index (χ1n) is 13.7. The molecule has 0 unspecified atom stereocenters. The number of likely N-dealkylation sites (N-methyl/N-ethyl adjacent to an activating group) is 2. The second-order valence-corrected chi connectivity index (χ2v) is 11.4. The van der Waals surface area contributed by atoms with Crippen LogP contribution in [-0.4, -0.2) is 89.6 Å². The minimum atomic E-state index is -2.81. The molecule has 4 aromatic rings. The van der Waals surface area contributed by atoms with Gasteiger partial charge in [0.05, 0.1) is 24.4 Å². The molecule has 4 heterocycles. The standard InChI is InChI=1S/C30H29ClF3N7O/c1-39-11-12-41(15-19(39)9-10-35)28-22-14-36-26(21-7-3-5-18-6-4-8-23(31)24(18)21)25(32)27(22)37-29(38-28)42-16-20-13-30(33,34)17-40(20)2/h3-8,14,19-20H,9,11-13,15-17H2,1-2H3/t19-,20-/m0/s1. The number of ether oxygens (including phenoxy) is 1. The minimum absolute atomic E-state index is 0.00456. The highest BCUT2D eigenvalue weighted by atomic mass is 35.5. The highest BCUT2D eigenvalue weighted by Gasteiger charge is 2.43. The normalized spacial score (nSPS) is 21.2. The van der Waals surface area contributed by atoms with Crippen molar-refractivity contribution in [2.45, 2.75) is 30.8 Å². The number of rotatable bonds is 6. The van der Waals surface area contributed by atoms with E-state index in [9.17, 15) is 14.0 Å². The van der Waals surface area contributed by atoms with Gasteiger partial charge in [-0.15, -0.1) is 0 Å². The Balaban J connectivity index is 1.45. The van der Waals surface area contributed by atoms with Crippen LogP contribution in [0.5, 0.6) is 6.01 Å². The van der Waals surface area contributed by atoms with Crippen molar-refractivity contribution in [3.8, 4) is 23.3 Å². The molecule has 2 aliphatic heterocycles. The lowest BCUT2D eigenvalue weighted by atomic mass is 10.0. The van der Waals surface area contributed by atoms with Crippen LogP contribution in [-0.2, 0) is 0 Å². The topological polar surface area (TPSA) is 81.4 Å². The van der Waals surface area contributed by atoms with Gasteiger partial charge in [-0.2, -0.15) is 15.2 Å². The second-order valence-electron chi connectivity index (χ2n) is 11.0. The zero-order chi connectivity index (χ0) is 29.6. The van der Waals surface area contributed by atoms with E-state index in [1.807, 2.05) is 36.2 Å². The monoisotopic (exact) mass is 595 g/mol. The molecule has 0 amide bonds. The highest BCUT2D eigenvalue weighted by Crippen LogP contribution is 2.38. The fourth-order valence-electron chi connectivity index (χ4n) is 5.89. The van der Waals surface area contributed by atoms with E-state index in [1.165, 1.54) is 0 Å². The third kappa shape index (κ3) is 5.30. The van der Waals surface area contributed by atoms with Gasteiger partial charge in [0.25, 0.3) is 5.92 Å². The number of alkyl halides is 2. The number of nitriles is 1. The van der Waals surface area contributed by atoms with Crippen molar-refractivity contribution in [1.82, 2.24) is 24.8 Å². The first-order valence-corrected chi connectivity index (χ1v) is 14.1. The zero-order valence-corrected chi connectivity index (χ0v) is 24.0. The molecule has 0 N–H and O–H groups in total. The Bertz CT molecular complexity index is 1690. The van der Waals surface area contributed by atoms with Gasteiger partial charge >= 0.3 is 6.01 Å². The van der Waals surface area contributed by atoms with Crippen LogP contribution in [0.4, 0.5) is 19.0 Å². The molecule has 2 atom stereocenters. The van der Waals surface area contributed by atoms with Crippen LogP contribution in [0.25, 0.3) is 32.9 Å². The SMILES string of the molecule is CN1CCN(c2nc(OC[C@@H]3CC(F)(F)CN3C)nc3c(F)c(-c4cccc5cccc(Cl)c45)ncc23)C[C@@H]1CC#N. The number of hydrogen-bond donors (Lipinski definition) is 0. The molecule has 12 heteroatoms. The number of halogens is 4. The van der Waals surface area contributed by atoms with E-state index in [0.717, 1.165) is 5.39 Å². The third-order valence-electron chi connectivity index (χ3n) is 8.20. The van der Waals surface area contributed by atoms with Crippen molar-refractivity contribution in [2.75, 3.05) is 51.8 Å². The Morgan fingerprint density at radius 3 is 2.62 bits per heavy atom. The number of aromatic nitrogens is 3. The van der Waals surface area contributed by atoms with E-state index in [0.29, 0.717) is 53.2 Å². The van der Waals surface area contributed by atoms with Gasteiger partial charge < -0.3 is 9.64 Å². The van der Waals surface area contributed by atoms with Crippen molar-refractivity contribution in [1.29, 1.82) is 5.26 Å². The predicted octanol–water partition coefficient (Wildman–Crippen LogP) is 5.39. The van der Waals surface area contributed by atoms with E-state index >= 15 is 4.39 Å². The number of benzene rings is 2. The average Bonchev–Trinajstić information content (AvgIpc) is 3.24. The van der Waals surface area contributed by atoms with Gasteiger partial charge in [-0.25, -0.2) is 13.2 Å². The zero-order valence-electron chi connectivity index (χ0n) is 23.2. The van der Waals surface area contributed by atoms with Crippen LogP contribution in [0.1, 0.15) is 12.8 Å². The molecule has 2 aromatic carbocycles. The molecule has 42 heavy (non-hydrogen) atoms. The number of pyridine rings is 1. The molecular weight excluding hydrogens is 567 g/mol. The molecule has 6 rings (SSSR count). The molecule has 218 valence electrons. The molecule has 2 saturated heterocycles. The Labute approximate surface area is 246 Å². The first-order chi connectivity index (χ1) is 20.1. The van der Waals surface area contributed by atoms with Crippen LogP contribution in [0.2, 0.25) is 5.02 Å². The smallest absolute Gasteiger partial charge is 0.319 e. The van der Waals surface area contributed by atoms with Crippen molar-refractivity contribution in [3.63, 3.8) is 0 Å². The van der Waals surface area contributed by atoms with Crippen molar-refractivity contribution >= 4 is 39.1 Å². The van der Waals surface area contributed by atoms with Gasteiger partial charge in [0.2, 0.25) is 0 Å². The number of piperazine rings is 1. The molecule has 0 saturated carbocycles. The Hall–Kier alpha value is -3.72. The molecule has 0 bridgehead atoms. The molecule has 0 spiro atoms. The molecule has 8 nitrogen and oxygen atoms in total. The van der Waals surface area contributed by atoms with E-state index in [-0.39, 0.29) is 42.8 Å². The van der Waals surface area contributed by atoms with E-state index < -0.39 is 17.8 Å². The van der Waals surface area contributed by atoms with Gasteiger partial charge in [0, 0.05) is 60.3 Å². The van der Waals surface area contributed by atoms with Crippen molar-refractivity contribution in [3.05, 3.63) is 53.4 Å². The van der Waals surface area contributed by atoms with Crippen LogP contribution in [0.3, 0.4) is 0 Å². The lowest BCUT2D eigenvalue weighted by Crippen LogP contribution is -2.51. The summed E-state index contributed by atoms with van der Waals surface area (Å²) in [5.74, 6) is -3.05. The highest BCUT2D eigenvalue weighted by molar-refractivity contribution is 6.36.